The van der Waals surface area contributed by atoms with E-state index in [1.807, 2.05) is 0 Å². The van der Waals surface area contributed by atoms with Crippen LogP contribution in [0.3, 0.4) is 0 Å². The highest BCUT2D eigenvalue weighted by Gasteiger charge is 2.37. The van der Waals surface area contributed by atoms with Gasteiger partial charge in [0.05, 0.1) is 12.7 Å². The van der Waals surface area contributed by atoms with Crippen molar-refractivity contribution in [2.75, 3.05) is 27.3 Å². The topological polar surface area (TPSA) is 48.0 Å². The number of unbranched alkanes of at least 4 members (excludes halogenated alkanes) is 13. The Bertz CT molecular complexity index is 463. The van der Waals surface area contributed by atoms with Gasteiger partial charge in [-0.1, -0.05) is 97.3 Å². The number of phosphoric ester groups is 1. The lowest BCUT2D eigenvalue weighted by atomic mass is 10.0. The zero-order valence-corrected chi connectivity index (χ0v) is 22.0. The molecule has 0 N–H and O–H groups in total. The van der Waals surface area contributed by atoms with E-state index in [-0.39, 0.29) is 6.10 Å². The van der Waals surface area contributed by atoms with Crippen LogP contribution in [0.4, 0.5) is 0 Å². The molecule has 0 aromatic carbocycles. The molecule has 0 spiro atoms. The van der Waals surface area contributed by atoms with E-state index in [2.05, 4.69) is 25.8 Å². The standard InChI is InChI=1S/C25H52NO4P/c1-5-7-8-9-10-11-12-13-14-15-16-17-18-19-23-29-31(27,28-4)30-25-22-20-21-24(25)26(3)6-2/h24-25H,5-23H2,1-4H3/t24-,25-,31?/m0/s1. The summed E-state index contributed by atoms with van der Waals surface area (Å²) in [5.41, 5.74) is 0. The van der Waals surface area contributed by atoms with Gasteiger partial charge < -0.3 is 4.90 Å². The molecule has 31 heavy (non-hydrogen) atoms. The summed E-state index contributed by atoms with van der Waals surface area (Å²) in [6.45, 7) is 5.82. The molecule has 1 saturated carbocycles. The van der Waals surface area contributed by atoms with E-state index in [9.17, 15) is 4.57 Å². The third-order valence-corrected chi connectivity index (χ3v) is 8.19. The first-order valence-corrected chi connectivity index (χ1v) is 14.7. The highest BCUT2D eigenvalue weighted by atomic mass is 31.2. The van der Waals surface area contributed by atoms with Crippen molar-refractivity contribution in [1.82, 2.24) is 4.90 Å². The number of nitrogens with zero attached hydrogens (tertiary/aromatic N) is 1. The Morgan fingerprint density at radius 3 is 1.81 bits per heavy atom. The third kappa shape index (κ3) is 13.4. The van der Waals surface area contributed by atoms with Gasteiger partial charge in [-0.05, 0) is 39.3 Å². The van der Waals surface area contributed by atoms with Gasteiger partial charge in [0.2, 0.25) is 0 Å². The second-order valence-corrected chi connectivity index (χ2v) is 11.0. The van der Waals surface area contributed by atoms with Gasteiger partial charge >= 0.3 is 7.82 Å². The molecule has 1 rings (SSSR count). The molecular formula is C25H52NO4P. The molecule has 0 aromatic rings. The highest BCUT2D eigenvalue weighted by molar-refractivity contribution is 7.48. The molecule has 0 radical (unpaired) electrons. The third-order valence-electron chi connectivity index (χ3n) is 6.72. The first-order chi connectivity index (χ1) is 15.1. The molecule has 0 aromatic heterocycles. The molecule has 1 unspecified atom stereocenters. The molecule has 1 aliphatic rings. The zero-order valence-electron chi connectivity index (χ0n) is 21.1. The van der Waals surface area contributed by atoms with Crippen LogP contribution in [0.1, 0.15) is 123 Å². The van der Waals surface area contributed by atoms with Gasteiger partial charge in [0.15, 0.2) is 0 Å². The molecule has 0 saturated heterocycles. The van der Waals surface area contributed by atoms with Crippen molar-refractivity contribution in [1.29, 1.82) is 0 Å². The van der Waals surface area contributed by atoms with Crippen LogP contribution in [0, 0.1) is 0 Å². The fraction of sp³-hybridized carbons (Fsp3) is 1.00. The maximum atomic E-state index is 12.8. The van der Waals surface area contributed by atoms with Gasteiger partial charge in [-0.15, -0.1) is 0 Å². The summed E-state index contributed by atoms with van der Waals surface area (Å²) in [7, 11) is 0.0768. The number of hydrogen-bond acceptors (Lipinski definition) is 5. The molecule has 3 atom stereocenters. The predicted octanol–water partition coefficient (Wildman–Crippen LogP) is 8.13. The molecule has 5 nitrogen and oxygen atoms in total. The summed E-state index contributed by atoms with van der Waals surface area (Å²) in [5, 5.41) is 0. The summed E-state index contributed by atoms with van der Waals surface area (Å²) in [6, 6.07) is 0.304. The second-order valence-electron chi connectivity index (χ2n) is 9.27. The lowest BCUT2D eigenvalue weighted by Crippen LogP contribution is -2.38. The average Bonchev–Trinajstić information content (AvgIpc) is 3.23. The maximum Gasteiger partial charge on any atom is 0.474 e. The van der Waals surface area contributed by atoms with Crippen LogP contribution in [0.2, 0.25) is 0 Å². The van der Waals surface area contributed by atoms with Crippen molar-refractivity contribution in [3.8, 4) is 0 Å². The predicted molar refractivity (Wildman–Crippen MR) is 132 cm³/mol. The zero-order chi connectivity index (χ0) is 22.8. The van der Waals surface area contributed by atoms with Crippen LogP contribution in [0.25, 0.3) is 0 Å². The van der Waals surface area contributed by atoms with Crippen LogP contribution >= 0.6 is 7.82 Å². The number of likely N-dealkylation sites (N-methyl/N-ethyl adjacent to an activating group) is 1. The first-order valence-electron chi connectivity index (χ1n) is 13.2. The molecule has 0 amide bonds. The normalized spacial score (nSPS) is 21.1. The number of phosphoric acid groups is 1. The van der Waals surface area contributed by atoms with Gasteiger partial charge in [0.25, 0.3) is 0 Å². The van der Waals surface area contributed by atoms with E-state index in [1.165, 1.54) is 84.2 Å². The van der Waals surface area contributed by atoms with Gasteiger partial charge in [-0.3, -0.25) is 13.6 Å². The monoisotopic (exact) mass is 461 g/mol. The van der Waals surface area contributed by atoms with E-state index in [0.29, 0.717) is 12.6 Å². The molecular weight excluding hydrogens is 409 g/mol. The van der Waals surface area contributed by atoms with Gasteiger partial charge in [0, 0.05) is 13.2 Å². The van der Waals surface area contributed by atoms with E-state index in [1.54, 1.807) is 0 Å². The fourth-order valence-electron chi connectivity index (χ4n) is 4.53. The molecule has 6 heteroatoms. The number of rotatable bonds is 21. The van der Waals surface area contributed by atoms with Crippen molar-refractivity contribution in [2.24, 2.45) is 0 Å². The molecule has 186 valence electrons. The Morgan fingerprint density at radius 1 is 0.806 bits per heavy atom. The Kier molecular flexibility index (Phi) is 17.4. The molecule has 0 bridgehead atoms. The SMILES string of the molecule is CCCCCCCCCCCCCCCCOP(=O)(OC)O[C@H]1CCC[C@@H]1N(C)CC. The lowest BCUT2D eigenvalue weighted by molar-refractivity contribution is 0.0531. The quantitative estimate of drug-likeness (QED) is 0.128. The average molecular weight is 462 g/mol. The molecule has 0 aliphatic heterocycles. The molecule has 0 heterocycles. The van der Waals surface area contributed by atoms with E-state index < -0.39 is 7.82 Å². The number of hydrogen-bond donors (Lipinski definition) is 0. The van der Waals surface area contributed by atoms with E-state index in [4.69, 9.17) is 13.6 Å². The first kappa shape index (κ1) is 29.1. The van der Waals surface area contributed by atoms with Crippen LogP contribution in [-0.4, -0.2) is 44.4 Å². The Hall–Kier alpha value is 0.0700. The van der Waals surface area contributed by atoms with E-state index in [0.717, 1.165) is 38.6 Å². The fourth-order valence-corrected chi connectivity index (χ4v) is 5.72. The smallest absolute Gasteiger partial charge is 0.301 e. The van der Waals surface area contributed by atoms with E-state index >= 15 is 0 Å². The van der Waals surface area contributed by atoms with Crippen molar-refractivity contribution in [3.63, 3.8) is 0 Å². The van der Waals surface area contributed by atoms with Crippen LogP contribution in [-0.2, 0) is 18.1 Å². The lowest BCUT2D eigenvalue weighted by Gasteiger charge is -2.30. The van der Waals surface area contributed by atoms with Crippen molar-refractivity contribution < 1.29 is 18.1 Å². The summed E-state index contributed by atoms with van der Waals surface area (Å²) < 4.78 is 29.5. The van der Waals surface area contributed by atoms with Crippen molar-refractivity contribution >= 4 is 7.82 Å². The summed E-state index contributed by atoms with van der Waals surface area (Å²) in [4.78, 5) is 2.27. The Labute approximate surface area is 193 Å². The Morgan fingerprint density at radius 2 is 1.32 bits per heavy atom. The largest absolute Gasteiger partial charge is 0.474 e. The van der Waals surface area contributed by atoms with Crippen LogP contribution < -0.4 is 0 Å². The van der Waals surface area contributed by atoms with Gasteiger partial charge in [0.1, 0.15) is 0 Å². The minimum absolute atomic E-state index is 0.0629. The van der Waals surface area contributed by atoms with Crippen molar-refractivity contribution in [2.45, 2.75) is 135 Å². The summed E-state index contributed by atoms with van der Waals surface area (Å²) in [6.07, 6.45) is 21.5. The van der Waals surface area contributed by atoms with Crippen molar-refractivity contribution in [3.05, 3.63) is 0 Å². The molecule has 1 aliphatic carbocycles. The van der Waals surface area contributed by atoms with Crippen LogP contribution in [0.5, 0.6) is 0 Å². The second kappa shape index (κ2) is 18.5. The van der Waals surface area contributed by atoms with Crippen LogP contribution in [0.15, 0.2) is 0 Å². The molecule has 1 fully saturated rings. The minimum atomic E-state index is -3.45. The van der Waals surface area contributed by atoms with Gasteiger partial charge in [-0.25, -0.2) is 4.57 Å². The maximum absolute atomic E-state index is 12.8. The summed E-state index contributed by atoms with van der Waals surface area (Å²) in [5.74, 6) is 0. The minimum Gasteiger partial charge on any atom is -0.301 e. The van der Waals surface area contributed by atoms with Gasteiger partial charge in [-0.2, -0.15) is 0 Å². The highest BCUT2D eigenvalue weighted by Crippen LogP contribution is 2.52. The summed E-state index contributed by atoms with van der Waals surface area (Å²) >= 11 is 0. The Balaban J connectivity index is 2.01.